The number of esters is 1. The average Bonchev–Trinajstić information content (AvgIpc) is 2.96. The molecule has 2 aromatic rings. The summed E-state index contributed by atoms with van der Waals surface area (Å²) in [7, 11) is 0. The number of rotatable bonds is 10. The Morgan fingerprint density at radius 1 is 0.969 bits per heavy atom. The molecule has 0 aliphatic heterocycles. The number of amides is 1. The number of halogens is 1. The van der Waals surface area contributed by atoms with E-state index in [9.17, 15) is 9.59 Å². The molecule has 0 unspecified atom stereocenters. The minimum Gasteiger partial charge on any atom is -0.464 e. The van der Waals surface area contributed by atoms with Crippen LogP contribution >= 0.6 is 11.6 Å². The quantitative estimate of drug-likeness (QED) is 0.415. The van der Waals surface area contributed by atoms with Crippen LogP contribution in [0.2, 0.25) is 5.15 Å². The van der Waals surface area contributed by atoms with Crippen molar-refractivity contribution >= 4 is 40.6 Å². The van der Waals surface area contributed by atoms with Crippen molar-refractivity contribution in [1.82, 2.24) is 14.5 Å². The lowest BCUT2D eigenvalue weighted by molar-refractivity contribution is -0.146. The van der Waals surface area contributed by atoms with E-state index in [1.54, 1.807) is 16.7 Å². The van der Waals surface area contributed by atoms with Gasteiger partial charge in [-0.3, -0.25) is 19.5 Å². The predicted molar refractivity (Wildman–Crippen MR) is 123 cm³/mol. The third-order valence-corrected chi connectivity index (χ3v) is 4.30. The highest BCUT2D eigenvalue weighted by atomic mass is 35.5. The highest BCUT2D eigenvalue weighted by Crippen LogP contribution is 2.20. The highest BCUT2D eigenvalue weighted by molar-refractivity contribution is 6.29. The molecule has 0 atom stereocenters. The smallest absolute Gasteiger partial charge is 0.308 e. The molecule has 0 saturated heterocycles. The number of ether oxygens (including phenoxy) is 3. The summed E-state index contributed by atoms with van der Waals surface area (Å²) in [5, 5.41) is 3.08. The second kappa shape index (κ2) is 11.1. The molecule has 9 nitrogen and oxygen atoms in total. The molecule has 0 aliphatic rings. The van der Waals surface area contributed by atoms with Crippen LogP contribution in [0.15, 0.2) is 12.1 Å². The van der Waals surface area contributed by atoms with Crippen LogP contribution in [-0.2, 0) is 30.3 Å². The molecule has 0 aromatic carbocycles. The summed E-state index contributed by atoms with van der Waals surface area (Å²) in [6, 6.07) is 3.34. The molecule has 0 radical (unpaired) electrons. The lowest BCUT2D eigenvalue weighted by Crippen LogP contribution is -2.24. The van der Waals surface area contributed by atoms with E-state index in [1.807, 2.05) is 41.5 Å². The minimum atomic E-state index is -0.366. The Morgan fingerprint density at radius 3 is 2.22 bits per heavy atom. The number of nitrogens with one attached hydrogen (secondary N) is 1. The Hall–Kier alpha value is -2.23. The Bertz CT molecular complexity index is 931. The minimum absolute atomic E-state index is 0.0873. The predicted octanol–water partition coefficient (Wildman–Crippen LogP) is 3.98. The fraction of sp³-hybridized carbons (Fsp3) is 0.636. The molecule has 2 heterocycles. The first-order valence-electron chi connectivity index (χ1n) is 10.6. The Morgan fingerprint density at radius 2 is 1.59 bits per heavy atom. The van der Waals surface area contributed by atoms with Crippen molar-refractivity contribution < 1.29 is 23.8 Å². The van der Waals surface area contributed by atoms with Gasteiger partial charge < -0.3 is 14.2 Å². The van der Waals surface area contributed by atoms with E-state index in [4.69, 9.17) is 25.8 Å². The summed E-state index contributed by atoms with van der Waals surface area (Å²) in [5.41, 5.74) is 0.424. The number of imidazole rings is 1. The van der Waals surface area contributed by atoms with Crippen LogP contribution in [0.5, 0.6) is 0 Å². The second-order valence-electron chi connectivity index (χ2n) is 9.25. The van der Waals surface area contributed by atoms with Crippen molar-refractivity contribution in [3.8, 4) is 0 Å². The number of fused-ring (bicyclic) bond motifs is 1. The number of nitrogens with zero attached hydrogens (tertiary/aromatic N) is 3. The molecule has 0 aliphatic carbocycles. The summed E-state index contributed by atoms with van der Waals surface area (Å²) in [6.07, 6.45) is 0.334. The molecule has 0 spiro atoms. The zero-order chi connectivity index (χ0) is 23.9. The van der Waals surface area contributed by atoms with Crippen LogP contribution < -0.4 is 5.32 Å². The third kappa shape index (κ3) is 9.10. The lowest BCUT2D eigenvalue weighted by atomic mass is 10.2. The number of pyridine rings is 1. The summed E-state index contributed by atoms with van der Waals surface area (Å²) in [4.78, 5) is 33.1. The summed E-state index contributed by atoms with van der Waals surface area (Å²) in [5.74, 6) is -0.301. The van der Waals surface area contributed by atoms with Crippen LogP contribution in [0.3, 0.4) is 0 Å². The van der Waals surface area contributed by atoms with Gasteiger partial charge in [-0.05, 0) is 53.7 Å². The van der Waals surface area contributed by atoms with E-state index in [2.05, 4.69) is 15.3 Å². The maximum Gasteiger partial charge on any atom is 0.308 e. The molecule has 0 fully saturated rings. The Balaban J connectivity index is 2.00. The van der Waals surface area contributed by atoms with Gasteiger partial charge in [0.15, 0.2) is 5.65 Å². The van der Waals surface area contributed by atoms with Crippen LogP contribution in [0.1, 0.15) is 54.4 Å². The fourth-order valence-corrected chi connectivity index (χ4v) is 2.83. The van der Waals surface area contributed by atoms with Gasteiger partial charge in [0.25, 0.3) is 0 Å². The molecule has 10 heteroatoms. The molecule has 2 aromatic heterocycles. The maximum absolute atomic E-state index is 12.4. The monoisotopic (exact) mass is 468 g/mol. The van der Waals surface area contributed by atoms with Gasteiger partial charge in [0.1, 0.15) is 17.3 Å². The molecular weight excluding hydrogens is 436 g/mol. The van der Waals surface area contributed by atoms with Crippen molar-refractivity contribution in [2.24, 2.45) is 0 Å². The fourth-order valence-electron chi connectivity index (χ4n) is 2.69. The van der Waals surface area contributed by atoms with Crippen LogP contribution in [0.25, 0.3) is 11.2 Å². The largest absolute Gasteiger partial charge is 0.464 e. The Labute approximate surface area is 193 Å². The molecule has 32 heavy (non-hydrogen) atoms. The Kier molecular flexibility index (Phi) is 9.00. The van der Waals surface area contributed by atoms with Crippen LogP contribution in [-0.4, -0.2) is 57.4 Å². The third-order valence-electron chi connectivity index (χ3n) is 4.09. The zero-order valence-corrected chi connectivity index (χ0v) is 20.4. The molecule has 0 bridgehead atoms. The summed E-state index contributed by atoms with van der Waals surface area (Å²) < 4.78 is 18.1. The van der Waals surface area contributed by atoms with E-state index < -0.39 is 0 Å². The number of carbonyl (C=O) groups is 2. The number of hydrogen-bond donors (Lipinski definition) is 1. The maximum atomic E-state index is 12.4. The van der Waals surface area contributed by atoms with Crippen LogP contribution in [0.4, 0.5) is 5.95 Å². The number of hydrogen-bond acceptors (Lipinski definition) is 7. The van der Waals surface area contributed by atoms with E-state index in [-0.39, 0.29) is 62.3 Å². The standard InChI is InChI=1S/C22H33ClN4O5/c1-21(2,3)31-12-9-17(28)26-20-24-15-7-8-16(23)25-19(15)27(20)11-14-30-18(29)10-13-32-22(4,5)6/h7-8H,9-14H2,1-6H3,(H,24,26,28). The topological polar surface area (TPSA) is 105 Å². The molecule has 1 N–H and O–H groups in total. The first-order chi connectivity index (χ1) is 14.8. The van der Waals surface area contributed by atoms with Gasteiger partial charge in [-0.25, -0.2) is 9.97 Å². The van der Waals surface area contributed by atoms with E-state index >= 15 is 0 Å². The summed E-state index contributed by atoms with van der Waals surface area (Å²) in [6.45, 7) is 12.5. The van der Waals surface area contributed by atoms with E-state index in [0.29, 0.717) is 22.3 Å². The van der Waals surface area contributed by atoms with Gasteiger partial charge in [-0.1, -0.05) is 11.6 Å². The molecule has 1 amide bonds. The summed E-state index contributed by atoms with van der Waals surface area (Å²) >= 11 is 6.04. The van der Waals surface area contributed by atoms with E-state index in [1.165, 1.54) is 0 Å². The first kappa shape index (κ1) is 26.0. The highest BCUT2D eigenvalue weighted by Gasteiger charge is 2.17. The lowest BCUT2D eigenvalue weighted by Gasteiger charge is -2.19. The molecule has 0 saturated carbocycles. The average molecular weight is 469 g/mol. The second-order valence-corrected chi connectivity index (χ2v) is 9.64. The first-order valence-corrected chi connectivity index (χ1v) is 11.0. The van der Waals surface area contributed by atoms with Gasteiger partial charge >= 0.3 is 5.97 Å². The normalized spacial score (nSPS) is 12.2. The van der Waals surface area contributed by atoms with Crippen molar-refractivity contribution in [3.05, 3.63) is 17.3 Å². The van der Waals surface area contributed by atoms with Crippen molar-refractivity contribution in [1.29, 1.82) is 0 Å². The number of carbonyl (C=O) groups excluding carboxylic acids is 2. The zero-order valence-electron chi connectivity index (χ0n) is 19.7. The number of aromatic nitrogens is 3. The van der Waals surface area contributed by atoms with Gasteiger partial charge in [-0.15, -0.1) is 0 Å². The van der Waals surface area contributed by atoms with E-state index in [0.717, 1.165) is 0 Å². The van der Waals surface area contributed by atoms with Crippen LogP contribution in [0, 0.1) is 0 Å². The number of anilines is 1. The van der Waals surface area contributed by atoms with Gasteiger partial charge in [0.2, 0.25) is 11.9 Å². The molecular formula is C22H33ClN4O5. The molecule has 2 rings (SSSR count). The van der Waals surface area contributed by atoms with Gasteiger partial charge in [-0.2, -0.15) is 0 Å². The van der Waals surface area contributed by atoms with Gasteiger partial charge in [0, 0.05) is 0 Å². The SMILES string of the molecule is CC(C)(C)OCCC(=O)Nc1nc2ccc(Cl)nc2n1CCOC(=O)CCOC(C)(C)C. The van der Waals surface area contributed by atoms with Crippen molar-refractivity contribution in [2.75, 3.05) is 25.1 Å². The van der Waals surface area contributed by atoms with Crippen molar-refractivity contribution in [3.63, 3.8) is 0 Å². The van der Waals surface area contributed by atoms with Gasteiger partial charge in [0.05, 0.1) is 43.8 Å². The van der Waals surface area contributed by atoms with Crippen molar-refractivity contribution in [2.45, 2.75) is 72.1 Å². The molecule has 178 valence electrons.